The number of hydrogen-bond donors (Lipinski definition) is 1. The maximum absolute atomic E-state index is 13.1. The molecule has 1 fully saturated rings. The number of aryl methyl sites for hydroxylation is 2. The van der Waals surface area contributed by atoms with E-state index in [1.165, 1.54) is 27.8 Å². The van der Waals surface area contributed by atoms with Gasteiger partial charge >= 0.3 is 0 Å². The fraction of sp³-hybridized carbons (Fsp3) is 0.409. The van der Waals surface area contributed by atoms with Gasteiger partial charge in [-0.15, -0.1) is 0 Å². The molecule has 1 amide bonds. The zero-order chi connectivity index (χ0) is 17.4. The number of carbonyl (C=O) groups excluding carboxylic acids is 1. The average molecular weight is 334 g/mol. The normalized spacial score (nSPS) is 23.4. The van der Waals surface area contributed by atoms with Crippen molar-refractivity contribution >= 4 is 5.91 Å². The molecule has 0 aromatic heterocycles. The summed E-state index contributed by atoms with van der Waals surface area (Å²) in [6.45, 7) is 6.78. The number of hydrogen-bond acceptors (Lipinski definition) is 2. The van der Waals surface area contributed by atoms with E-state index in [-0.39, 0.29) is 5.91 Å². The van der Waals surface area contributed by atoms with Crippen LogP contribution in [0, 0.1) is 13.8 Å². The number of nitrogens with zero attached hydrogens (tertiary/aromatic N) is 1. The highest BCUT2D eigenvalue weighted by Crippen LogP contribution is 2.36. The Labute approximate surface area is 150 Å². The Bertz CT molecular complexity index is 813. The van der Waals surface area contributed by atoms with Gasteiger partial charge in [0.2, 0.25) is 5.91 Å². The maximum Gasteiger partial charge on any atom is 0.241 e. The van der Waals surface area contributed by atoms with Crippen molar-refractivity contribution < 1.29 is 4.79 Å². The first-order valence-electron chi connectivity index (χ1n) is 9.25. The van der Waals surface area contributed by atoms with Gasteiger partial charge in [0, 0.05) is 19.5 Å². The Morgan fingerprint density at radius 2 is 1.88 bits per heavy atom. The van der Waals surface area contributed by atoms with E-state index in [2.05, 4.69) is 66.5 Å². The molecule has 3 heteroatoms. The lowest BCUT2D eigenvalue weighted by molar-refractivity contribution is -0.132. The maximum atomic E-state index is 13.1. The van der Waals surface area contributed by atoms with E-state index in [0.717, 1.165) is 32.4 Å². The molecule has 1 spiro atoms. The second-order valence-corrected chi connectivity index (χ2v) is 7.60. The summed E-state index contributed by atoms with van der Waals surface area (Å²) in [5.74, 6) is 0.199. The third kappa shape index (κ3) is 2.87. The van der Waals surface area contributed by atoms with E-state index < -0.39 is 5.54 Å². The monoisotopic (exact) mass is 334 g/mol. The van der Waals surface area contributed by atoms with Gasteiger partial charge in [0.05, 0.1) is 0 Å². The van der Waals surface area contributed by atoms with Crippen LogP contribution in [0.4, 0.5) is 0 Å². The highest BCUT2D eigenvalue weighted by molar-refractivity contribution is 5.87. The molecule has 2 aromatic carbocycles. The lowest BCUT2D eigenvalue weighted by Gasteiger charge is -2.36. The van der Waals surface area contributed by atoms with Gasteiger partial charge < -0.3 is 5.32 Å². The molecule has 2 aliphatic heterocycles. The molecule has 1 atom stereocenters. The van der Waals surface area contributed by atoms with Gasteiger partial charge in [0.1, 0.15) is 5.54 Å². The minimum absolute atomic E-state index is 0.199. The zero-order valence-corrected chi connectivity index (χ0v) is 15.1. The molecule has 2 aromatic rings. The van der Waals surface area contributed by atoms with Gasteiger partial charge in [-0.3, -0.25) is 9.69 Å². The predicted octanol–water partition coefficient (Wildman–Crippen LogP) is 3.51. The molecular formula is C22H26N2O. The summed E-state index contributed by atoms with van der Waals surface area (Å²) in [6.07, 6.45) is 2.85. The lowest BCUT2D eigenvalue weighted by atomic mass is 9.86. The minimum Gasteiger partial charge on any atom is -0.350 e. The Balaban J connectivity index is 1.66. The van der Waals surface area contributed by atoms with Crippen molar-refractivity contribution in [2.45, 2.75) is 51.7 Å². The Kier molecular flexibility index (Phi) is 4.12. The Morgan fingerprint density at radius 3 is 2.68 bits per heavy atom. The van der Waals surface area contributed by atoms with Crippen LogP contribution in [0.2, 0.25) is 0 Å². The van der Waals surface area contributed by atoms with E-state index in [4.69, 9.17) is 0 Å². The Morgan fingerprint density at radius 1 is 1.08 bits per heavy atom. The van der Waals surface area contributed by atoms with Crippen LogP contribution in [-0.4, -0.2) is 22.9 Å². The van der Waals surface area contributed by atoms with E-state index in [1.807, 2.05) is 0 Å². The summed E-state index contributed by atoms with van der Waals surface area (Å²) in [4.78, 5) is 15.5. The first kappa shape index (κ1) is 16.3. The van der Waals surface area contributed by atoms with Crippen molar-refractivity contribution in [1.29, 1.82) is 0 Å². The highest BCUT2D eigenvalue weighted by Gasteiger charge is 2.48. The molecule has 2 heterocycles. The quantitative estimate of drug-likeness (QED) is 0.911. The fourth-order valence-corrected chi connectivity index (χ4v) is 4.38. The van der Waals surface area contributed by atoms with E-state index in [1.54, 1.807) is 0 Å². The van der Waals surface area contributed by atoms with Crippen molar-refractivity contribution in [3.63, 3.8) is 0 Å². The van der Waals surface area contributed by atoms with E-state index >= 15 is 0 Å². The lowest BCUT2D eigenvalue weighted by Crippen LogP contribution is -2.55. The van der Waals surface area contributed by atoms with Crippen LogP contribution in [0.5, 0.6) is 0 Å². The zero-order valence-electron chi connectivity index (χ0n) is 15.1. The molecule has 1 unspecified atom stereocenters. The third-order valence-corrected chi connectivity index (χ3v) is 6.03. The Hall–Kier alpha value is -2.13. The highest BCUT2D eigenvalue weighted by atomic mass is 16.2. The molecule has 0 saturated carbocycles. The number of fused-ring (bicyclic) bond motifs is 1. The molecule has 130 valence electrons. The van der Waals surface area contributed by atoms with Gasteiger partial charge in [-0.25, -0.2) is 0 Å². The molecule has 1 N–H and O–H groups in total. The van der Waals surface area contributed by atoms with Crippen LogP contribution < -0.4 is 5.32 Å². The van der Waals surface area contributed by atoms with Gasteiger partial charge in [-0.05, 0) is 61.1 Å². The molecule has 0 bridgehead atoms. The molecule has 2 aliphatic rings. The standard InChI is InChI=1S/C22H26N2O/c1-16-8-9-18(12-17(16)2)15-24-11-5-10-22(24)13-19-6-3-4-7-20(19)14-23-21(22)25/h3-4,6-9,12H,5,10-11,13-15H2,1-2H3,(H,23,25). The number of nitrogens with one attached hydrogen (secondary N) is 1. The number of rotatable bonds is 2. The SMILES string of the molecule is Cc1ccc(CN2CCCC23Cc2ccccc2CNC3=O)cc1C. The second kappa shape index (κ2) is 6.30. The summed E-state index contributed by atoms with van der Waals surface area (Å²) < 4.78 is 0. The van der Waals surface area contributed by atoms with Crippen LogP contribution in [0.1, 0.15) is 40.7 Å². The van der Waals surface area contributed by atoms with Gasteiger partial charge in [-0.2, -0.15) is 0 Å². The van der Waals surface area contributed by atoms with Crippen molar-refractivity contribution in [1.82, 2.24) is 10.2 Å². The summed E-state index contributed by atoms with van der Waals surface area (Å²) in [5, 5.41) is 3.19. The molecule has 0 aliphatic carbocycles. The van der Waals surface area contributed by atoms with Crippen LogP contribution in [0.25, 0.3) is 0 Å². The minimum atomic E-state index is -0.397. The topological polar surface area (TPSA) is 32.3 Å². The van der Waals surface area contributed by atoms with Gasteiger partial charge in [0.25, 0.3) is 0 Å². The van der Waals surface area contributed by atoms with Crippen LogP contribution >= 0.6 is 0 Å². The number of amides is 1. The first-order chi connectivity index (χ1) is 12.1. The average Bonchev–Trinajstić information content (AvgIpc) is 2.93. The molecule has 1 saturated heterocycles. The number of likely N-dealkylation sites (tertiary alicyclic amines) is 1. The van der Waals surface area contributed by atoms with Crippen molar-refractivity contribution in [2.24, 2.45) is 0 Å². The van der Waals surface area contributed by atoms with Gasteiger partial charge in [0.15, 0.2) is 0 Å². The molecule has 25 heavy (non-hydrogen) atoms. The van der Waals surface area contributed by atoms with E-state index in [0.29, 0.717) is 6.54 Å². The number of benzene rings is 2. The number of carbonyl (C=O) groups is 1. The molecular weight excluding hydrogens is 308 g/mol. The van der Waals surface area contributed by atoms with E-state index in [9.17, 15) is 4.79 Å². The van der Waals surface area contributed by atoms with Crippen molar-refractivity contribution in [3.8, 4) is 0 Å². The smallest absolute Gasteiger partial charge is 0.241 e. The molecule has 0 radical (unpaired) electrons. The third-order valence-electron chi connectivity index (χ3n) is 6.03. The van der Waals surface area contributed by atoms with Crippen molar-refractivity contribution in [2.75, 3.05) is 6.54 Å². The summed E-state index contributed by atoms with van der Waals surface area (Å²) in [5.41, 5.74) is 6.11. The summed E-state index contributed by atoms with van der Waals surface area (Å²) in [6, 6.07) is 15.1. The predicted molar refractivity (Wildman–Crippen MR) is 100 cm³/mol. The van der Waals surface area contributed by atoms with Crippen LogP contribution in [0.15, 0.2) is 42.5 Å². The van der Waals surface area contributed by atoms with Crippen LogP contribution in [0.3, 0.4) is 0 Å². The molecule has 3 nitrogen and oxygen atoms in total. The molecule has 4 rings (SSSR count). The summed E-state index contributed by atoms with van der Waals surface area (Å²) in [7, 11) is 0. The summed E-state index contributed by atoms with van der Waals surface area (Å²) >= 11 is 0. The second-order valence-electron chi connectivity index (χ2n) is 7.60. The van der Waals surface area contributed by atoms with Crippen molar-refractivity contribution in [3.05, 3.63) is 70.3 Å². The first-order valence-corrected chi connectivity index (χ1v) is 9.25. The largest absolute Gasteiger partial charge is 0.350 e. The van der Waals surface area contributed by atoms with Crippen LogP contribution in [-0.2, 0) is 24.3 Å². The van der Waals surface area contributed by atoms with Gasteiger partial charge in [-0.1, -0.05) is 42.5 Å². The fourth-order valence-electron chi connectivity index (χ4n) is 4.38.